The van der Waals surface area contributed by atoms with E-state index in [1.807, 2.05) is 20.8 Å². The van der Waals surface area contributed by atoms with Crippen LogP contribution in [-0.2, 0) is 9.53 Å². The second-order valence-corrected chi connectivity index (χ2v) is 5.47. The van der Waals surface area contributed by atoms with Gasteiger partial charge in [0.15, 0.2) is 0 Å². The predicted molar refractivity (Wildman–Crippen MR) is 67.9 cm³/mol. The van der Waals surface area contributed by atoms with Gasteiger partial charge in [0.25, 0.3) is 0 Å². The lowest BCUT2D eigenvalue weighted by Gasteiger charge is -2.30. The van der Waals surface area contributed by atoms with E-state index >= 15 is 0 Å². The monoisotopic (exact) mass is 301 g/mol. The minimum absolute atomic E-state index is 0. The number of esters is 1. The van der Waals surface area contributed by atoms with E-state index in [4.69, 9.17) is 16.3 Å². The fraction of sp³-hybridized carbons (Fsp3) is 0.900. The number of carbonyl (C=O) groups is 1. The number of rotatable bonds is 6. The Morgan fingerprint density at radius 1 is 1.33 bits per heavy atom. The zero-order valence-electron chi connectivity index (χ0n) is 9.69. The van der Waals surface area contributed by atoms with Gasteiger partial charge in [-0.1, -0.05) is 36.7 Å². The molecule has 0 rings (SSSR count). The Kier molecular flexibility index (Phi) is 9.81. The van der Waals surface area contributed by atoms with E-state index in [2.05, 4.69) is 15.9 Å². The molecule has 0 amide bonds. The van der Waals surface area contributed by atoms with E-state index in [9.17, 15) is 4.79 Å². The van der Waals surface area contributed by atoms with Gasteiger partial charge in [0.1, 0.15) is 5.60 Å². The number of carbonyl (C=O) groups excluding carboxylic acids is 1. The molecular formula is C10H21BrClNO2. The summed E-state index contributed by atoms with van der Waals surface area (Å²) in [5.74, 6) is -0.229. The second kappa shape index (κ2) is 8.36. The van der Waals surface area contributed by atoms with E-state index in [1.54, 1.807) is 0 Å². The van der Waals surface area contributed by atoms with Gasteiger partial charge >= 0.3 is 5.97 Å². The van der Waals surface area contributed by atoms with Gasteiger partial charge in [-0.15, -0.1) is 11.6 Å². The molecule has 5 heteroatoms. The average molecular weight is 303 g/mol. The molecule has 0 aromatic carbocycles. The van der Waals surface area contributed by atoms with Crippen LogP contribution in [0.4, 0.5) is 0 Å². The maximum Gasteiger partial charge on any atom is 0.308 e. The van der Waals surface area contributed by atoms with Crippen LogP contribution in [-0.4, -0.2) is 15.9 Å². The highest BCUT2D eigenvalue weighted by Crippen LogP contribution is 2.26. The molecule has 0 bridgehead atoms. The molecule has 0 fully saturated rings. The van der Waals surface area contributed by atoms with Crippen molar-refractivity contribution in [3.05, 3.63) is 0 Å². The number of hydrogen-bond donors (Lipinski definition) is 1. The van der Waals surface area contributed by atoms with Crippen LogP contribution in [0.5, 0.6) is 0 Å². The lowest BCUT2D eigenvalue weighted by atomic mass is 9.94. The number of hydrogen-bond acceptors (Lipinski definition) is 3. The van der Waals surface area contributed by atoms with Gasteiger partial charge in [-0.05, 0) is 19.3 Å². The highest BCUT2D eigenvalue weighted by molar-refractivity contribution is 9.10. The topological polar surface area (TPSA) is 61.3 Å². The van der Waals surface area contributed by atoms with Gasteiger partial charge < -0.3 is 10.9 Å². The Labute approximate surface area is 106 Å². The van der Waals surface area contributed by atoms with Crippen molar-refractivity contribution in [1.82, 2.24) is 6.15 Å². The van der Waals surface area contributed by atoms with Gasteiger partial charge in [0.05, 0.1) is 10.7 Å². The quantitative estimate of drug-likeness (QED) is 0.595. The smallest absolute Gasteiger partial charge is 0.308 e. The molecule has 0 aliphatic heterocycles. The minimum Gasteiger partial charge on any atom is -0.459 e. The highest BCUT2D eigenvalue weighted by atomic mass is 79.9. The van der Waals surface area contributed by atoms with Gasteiger partial charge in [-0.2, -0.15) is 0 Å². The lowest BCUT2D eigenvalue weighted by Crippen LogP contribution is -2.33. The molecule has 0 radical (unpaired) electrons. The van der Waals surface area contributed by atoms with E-state index in [-0.39, 0.29) is 28.4 Å². The molecule has 92 valence electrons. The Morgan fingerprint density at radius 3 is 2.00 bits per heavy atom. The SMILES string of the molecule is CCC(CC)(CC)OC(=O)CC(Cl)Br.N. The van der Waals surface area contributed by atoms with Crippen LogP contribution in [0.3, 0.4) is 0 Å². The molecule has 0 aromatic heterocycles. The first-order valence-electron chi connectivity index (χ1n) is 4.99. The van der Waals surface area contributed by atoms with Crippen LogP contribution in [0.1, 0.15) is 46.5 Å². The largest absolute Gasteiger partial charge is 0.459 e. The van der Waals surface area contributed by atoms with Crippen LogP contribution in [0.25, 0.3) is 0 Å². The normalized spacial score (nSPS) is 12.9. The molecule has 0 saturated carbocycles. The van der Waals surface area contributed by atoms with Gasteiger partial charge in [0, 0.05) is 0 Å². The fourth-order valence-corrected chi connectivity index (χ4v) is 1.77. The molecule has 3 nitrogen and oxygen atoms in total. The molecule has 0 aliphatic rings. The fourth-order valence-electron chi connectivity index (χ4n) is 1.38. The third-order valence-corrected chi connectivity index (χ3v) is 3.06. The van der Waals surface area contributed by atoms with Gasteiger partial charge in [-0.25, -0.2) is 0 Å². The maximum atomic E-state index is 11.4. The van der Waals surface area contributed by atoms with Crippen molar-refractivity contribution in [1.29, 1.82) is 0 Å². The van der Waals surface area contributed by atoms with Crippen molar-refractivity contribution < 1.29 is 9.53 Å². The second-order valence-electron chi connectivity index (χ2n) is 3.31. The number of alkyl halides is 2. The van der Waals surface area contributed by atoms with Crippen molar-refractivity contribution in [3.63, 3.8) is 0 Å². The zero-order valence-corrected chi connectivity index (χ0v) is 12.0. The molecular weight excluding hydrogens is 281 g/mol. The predicted octanol–water partition coefficient (Wildman–Crippen LogP) is 4.01. The molecule has 0 aromatic rings. The number of halogens is 2. The van der Waals surface area contributed by atoms with Crippen molar-refractivity contribution in [3.8, 4) is 0 Å². The third-order valence-electron chi connectivity index (χ3n) is 2.58. The van der Waals surface area contributed by atoms with Gasteiger partial charge in [0.2, 0.25) is 0 Å². The van der Waals surface area contributed by atoms with E-state index < -0.39 is 0 Å². The Morgan fingerprint density at radius 2 is 1.73 bits per heavy atom. The summed E-state index contributed by atoms with van der Waals surface area (Å²) in [5, 5.41) is 0. The summed E-state index contributed by atoms with van der Waals surface area (Å²) in [5.41, 5.74) is -0.296. The van der Waals surface area contributed by atoms with E-state index in [0.29, 0.717) is 0 Å². The molecule has 0 heterocycles. The van der Waals surface area contributed by atoms with E-state index in [0.717, 1.165) is 19.3 Å². The third kappa shape index (κ3) is 6.38. The molecule has 3 N–H and O–H groups in total. The summed E-state index contributed by atoms with van der Waals surface area (Å²) < 4.78 is 5.11. The molecule has 1 atom stereocenters. The summed E-state index contributed by atoms with van der Waals surface area (Å²) in [6.45, 7) is 6.10. The Balaban J connectivity index is 0. The van der Waals surface area contributed by atoms with Crippen molar-refractivity contribution in [2.45, 2.75) is 56.3 Å². The molecule has 0 aliphatic carbocycles. The summed E-state index contributed by atoms with van der Waals surface area (Å²) in [7, 11) is 0. The van der Waals surface area contributed by atoms with Crippen molar-refractivity contribution >= 4 is 33.5 Å². The van der Waals surface area contributed by atoms with Gasteiger partial charge in [-0.3, -0.25) is 4.79 Å². The summed E-state index contributed by atoms with van der Waals surface area (Å²) in [6.07, 6.45) is 2.76. The number of ether oxygens (including phenoxy) is 1. The molecule has 1 unspecified atom stereocenters. The Hall–Kier alpha value is 0.200. The molecule has 0 spiro atoms. The first kappa shape index (κ1) is 17.6. The lowest BCUT2D eigenvalue weighted by molar-refractivity contribution is -0.160. The van der Waals surface area contributed by atoms with Crippen molar-refractivity contribution in [2.24, 2.45) is 0 Å². The van der Waals surface area contributed by atoms with Crippen molar-refractivity contribution in [2.75, 3.05) is 0 Å². The summed E-state index contributed by atoms with van der Waals surface area (Å²) >= 11 is 8.76. The van der Waals surface area contributed by atoms with E-state index in [1.165, 1.54) is 0 Å². The Bertz CT molecular complexity index is 176. The van der Waals surface area contributed by atoms with Crippen LogP contribution in [0.15, 0.2) is 0 Å². The summed E-state index contributed by atoms with van der Waals surface area (Å²) in [4.78, 5) is 11.4. The first-order chi connectivity index (χ1) is 6.49. The standard InChI is InChI=1S/C10H18BrClO2.H3N/c1-4-10(5-2,6-3)14-9(13)7-8(11)12;/h8H,4-7H2,1-3H3;1H3. The summed E-state index contributed by atoms with van der Waals surface area (Å²) in [6, 6.07) is 0. The van der Waals surface area contributed by atoms with Crippen LogP contribution < -0.4 is 6.15 Å². The molecule has 0 saturated heterocycles. The zero-order chi connectivity index (χ0) is 11.2. The average Bonchev–Trinajstić information content (AvgIpc) is 2.13. The first-order valence-corrected chi connectivity index (χ1v) is 6.34. The maximum absolute atomic E-state index is 11.4. The molecule has 15 heavy (non-hydrogen) atoms. The van der Waals surface area contributed by atoms with Crippen LogP contribution in [0.2, 0.25) is 0 Å². The van der Waals surface area contributed by atoms with Crippen LogP contribution >= 0.6 is 27.5 Å². The highest BCUT2D eigenvalue weighted by Gasteiger charge is 2.28. The van der Waals surface area contributed by atoms with Crippen LogP contribution in [0, 0.1) is 0 Å². The minimum atomic E-state index is -0.335.